The van der Waals surface area contributed by atoms with Crippen LogP contribution in [0.2, 0.25) is 0 Å². The molecule has 0 bridgehead atoms. The molecule has 0 aliphatic heterocycles. The molecular weight excluding hydrogens is 422 g/mol. The molecule has 0 unspecified atom stereocenters. The third-order valence-corrected chi connectivity index (χ3v) is 6.50. The summed E-state index contributed by atoms with van der Waals surface area (Å²) in [7, 11) is -1.93. The van der Waals surface area contributed by atoms with E-state index in [0.29, 0.717) is 18.8 Å². The second-order valence-electron chi connectivity index (χ2n) is 6.16. The minimum absolute atomic E-state index is 0.110. The second-order valence-corrected chi connectivity index (χ2v) is 8.51. The monoisotopic (exact) mass is 447 g/mol. The van der Waals surface area contributed by atoms with Crippen LogP contribution in [0.1, 0.15) is 19.4 Å². The fourth-order valence-electron chi connectivity index (χ4n) is 2.63. The highest BCUT2D eigenvalue weighted by Crippen LogP contribution is 2.18. The van der Waals surface area contributed by atoms with Crippen molar-refractivity contribution in [3.05, 3.63) is 60.2 Å². The predicted octanol–water partition coefficient (Wildman–Crippen LogP) is 3.25. The molecule has 0 spiro atoms. The van der Waals surface area contributed by atoms with Gasteiger partial charge in [0.1, 0.15) is 5.75 Å². The number of amides is 1. The third-order valence-electron chi connectivity index (χ3n) is 4.24. The highest BCUT2D eigenvalue weighted by atomic mass is 32.2. The van der Waals surface area contributed by atoms with Crippen molar-refractivity contribution < 1.29 is 17.9 Å². The van der Waals surface area contributed by atoms with Crippen LogP contribution >= 0.6 is 12.2 Å². The van der Waals surface area contributed by atoms with Crippen molar-refractivity contribution in [1.29, 1.82) is 0 Å². The molecule has 0 radical (unpaired) electrons. The molecule has 160 valence electrons. The Labute approximate surface area is 182 Å². The molecule has 0 aliphatic rings. The minimum atomic E-state index is -3.52. The van der Waals surface area contributed by atoms with Gasteiger partial charge in [-0.15, -0.1) is 0 Å². The summed E-state index contributed by atoms with van der Waals surface area (Å²) in [6.07, 6.45) is 3.03. The average molecular weight is 448 g/mol. The number of nitrogens with zero attached hydrogens (tertiary/aromatic N) is 1. The van der Waals surface area contributed by atoms with Crippen LogP contribution in [-0.4, -0.2) is 43.9 Å². The molecule has 2 N–H and O–H groups in total. The van der Waals surface area contributed by atoms with Gasteiger partial charge >= 0.3 is 0 Å². The van der Waals surface area contributed by atoms with Gasteiger partial charge in [0.05, 0.1) is 12.0 Å². The van der Waals surface area contributed by atoms with E-state index in [0.717, 1.165) is 11.3 Å². The largest absolute Gasteiger partial charge is 0.497 e. The van der Waals surface area contributed by atoms with E-state index < -0.39 is 10.0 Å². The molecule has 0 atom stereocenters. The first-order chi connectivity index (χ1) is 14.3. The van der Waals surface area contributed by atoms with Crippen molar-refractivity contribution in [2.45, 2.75) is 18.7 Å². The lowest BCUT2D eigenvalue weighted by Crippen LogP contribution is -2.33. The van der Waals surface area contributed by atoms with Crippen LogP contribution in [0.5, 0.6) is 5.75 Å². The molecule has 30 heavy (non-hydrogen) atoms. The normalized spacial score (nSPS) is 11.5. The van der Waals surface area contributed by atoms with Crippen LogP contribution < -0.4 is 15.4 Å². The van der Waals surface area contributed by atoms with Gasteiger partial charge in [0.15, 0.2) is 5.11 Å². The maximum absolute atomic E-state index is 12.5. The van der Waals surface area contributed by atoms with E-state index in [9.17, 15) is 13.2 Å². The third kappa shape index (κ3) is 6.38. The zero-order valence-corrected chi connectivity index (χ0v) is 18.7. The lowest BCUT2D eigenvalue weighted by Gasteiger charge is -2.18. The maximum Gasteiger partial charge on any atom is 0.250 e. The Morgan fingerprint density at radius 3 is 2.20 bits per heavy atom. The summed E-state index contributed by atoms with van der Waals surface area (Å²) >= 11 is 5.14. The van der Waals surface area contributed by atoms with Gasteiger partial charge in [-0.05, 0) is 60.3 Å². The van der Waals surface area contributed by atoms with Crippen molar-refractivity contribution in [3.63, 3.8) is 0 Å². The van der Waals surface area contributed by atoms with Crippen LogP contribution in [0, 0.1) is 0 Å². The fraction of sp³-hybridized carbons (Fsp3) is 0.238. The number of hydrogen-bond donors (Lipinski definition) is 2. The molecule has 2 rings (SSSR count). The standard InChI is InChI=1S/C21H25N3O4S2/c1-4-24(5-2)30(26,27)19-13-9-17(10-14-19)22-21(29)23-20(25)15-8-16-6-11-18(28-3)12-7-16/h6-15H,4-5H2,1-3H3,(H2,22,23,25,29). The van der Waals surface area contributed by atoms with Crippen molar-refractivity contribution in [2.24, 2.45) is 0 Å². The Kier molecular flexibility index (Phi) is 8.52. The van der Waals surface area contributed by atoms with Gasteiger partial charge < -0.3 is 10.1 Å². The maximum atomic E-state index is 12.5. The number of thiocarbonyl (C=S) groups is 1. The minimum Gasteiger partial charge on any atom is -0.497 e. The molecule has 0 aliphatic carbocycles. The number of nitrogens with one attached hydrogen (secondary N) is 2. The first-order valence-electron chi connectivity index (χ1n) is 9.34. The van der Waals surface area contributed by atoms with Crippen LogP contribution in [0.3, 0.4) is 0 Å². The molecule has 0 saturated heterocycles. The summed E-state index contributed by atoms with van der Waals surface area (Å²) in [6, 6.07) is 13.5. The van der Waals surface area contributed by atoms with Crippen LogP contribution in [0.25, 0.3) is 6.08 Å². The molecule has 1 amide bonds. The number of benzene rings is 2. The van der Waals surface area contributed by atoms with Crippen molar-refractivity contribution in [3.8, 4) is 5.75 Å². The van der Waals surface area contributed by atoms with E-state index in [1.165, 1.54) is 22.5 Å². The van der Waals surface area contributed by atoms with E-state index in [1.807, 2.05) is 12.1 Å². The van der Waals surface area contributed by atoms with Crippen molar-refractivity contribution in [2.75, 3.05) is 25.5 Å². The second kappa shape index (κ2) is 10.9. The number of rotatable bonds is 8. The Morgan fingerprint density at radius 1 is 1.07 bits per heavy atom. The Morgan fingerprint density at radius 2 is 1.67 bits per heavy atom. The molecule has 0 fully saturated rings. The number of anilines is 1. The predicted molar refractivity (Wildman–Crippen MR) is 123 cm³/mol. The Bertz CT molecular complexity index is 998. The lowest BCUT2D eigenvalue weighted by molar-refractivity contribution is -0.115. The van der Waals surface area contributed by atoms with E-state index in [1.54, 1.807) is 51.3 Å². The molecule has 9 heteroatoms. The number of carbonyl (C=O) groups is 1. The van der Waals surface area contributed by atoms with Crippen molar-refractivity contribution >= 4 is 45.0 Å². The van der Waals surface area contributed by atoms with Crippen LogP contribution in [0.4, 0.5) is 5.69 Å². The van der Waals surface area contributed by atoms with E-state index in [2.05, 4.69) is 10.6 Å². The molecule has 2 aromatic carbocycles. The molecule has 2 aromatic rings. The molecule has 0 aromatic heterocycles. The van der Waals surface area contributed by atoms with Gasteiger partial charge in [-0.25, -0.2) is 8.42 Å². The van der Waals surface area contributed by atoms with Gasteiger partial charge in [-0.3, -0.25) is 10.1 Å². The summed E-state index contributed by atoms with van der Waals surface area (Å²) in [5.74, 6) is 0.349. The molecule has 0 heterocycles. The Balaban J connectivity index is 1.94. The zero-order valence-electron chi connectivity index (χ0n) is 17.1. The van der Waals surface area contributed by atoms with Gasteiger partial charge in [0.25, 0.3) is 0 Å². The number of ether oxygens (including phenoxy) is 1. The van der Waals surface area contributed by atoms with Crippen molar-refractivity contribution in [1.82, 2.24) is 9.62 Å². The highest BCUT2D eigenvalue weighted by Gasteiger charge is 2.21. The number of sulfonamides is 1. The quantitative estimate of drug-likeness (QED) is 0.477. The van der Waals surface area contributed by atoms with E-state index in [-0.39, 0.29) is 15.9 Å². The summed E-state index contributed by atoms with van der Waals surface area (Å²) in [5.41, 5.74) is 1.41. The van der Waals surface area contributed by atoms with Gasteiger partial charge in [-0.2, -0.15) is 4.31 Å². The lowest BCUT2D eigenvalue weighted by atomic mass is 10.2. The summed E-state index contributed by atoms with van der Waals surface area (Å²) in [4.78, 5) is 12.2. The molecular formula is C21H25N3O4S2. The summed E-state index contributed by atoms with van der Waals surface area (Å²) in [5, 5.41) is 5.52. The molecule has 7 nitrogen and oxygen atoms in total. The SMILES string of the molecule is CCN(CC)S(=O)(=O)c1ccc(NC(=S)NC(=O)C=Cc2ccc(OC)cc2)cc1. The summed E-state index contributed by atoms with van der Waals surface area (Å²) < 4.78 is 31.5. The zero-order chi connectivity index (χ0) is 22.1. The molecule has 0 saturated carbocycles. The van der Waals surface area contributed by atoms with Gasteiger partial charge in [0.2, 0.25) is 15.9 Å². The highest BCUT2D eigenvalue weighted by molar-refractivity contribution is 7.89. The first kappa shape index (κ1) is 23.5. The van der Waals surface area contributed by atoms with Crippen LogP contribution in [-0.2, 0) is 14.8 Å². The average Bonchev–Trinajstić information content (AvgIpc) is 2.73. The van der Waals surface area contributed by atoms with Crippen LogP contribution in [0.15, 0.2) is 59.5 Å². The number of hydrogen-bond acceptors (Lipinski definition) is 5. The number of carbonyl (C=O) groups excluding carboxylic acids is 1. The fourth-order valence-corrected chi connectivity index (χ4v) is 4.30. The topological polar surface area (TPSA) is 87.7 Å². The smallest absolute Gasteiger partial charge is 0.250 e. The van der Waals surface area contributed by atoms with Gasteiger partial charge in [0, 0.05) is 24.9 Å². The van der Waals surface area contributed by atoms with E-state index in [4.69, 9.17) is 17.0 Å². The Hall–Kier alpha value is -2.75. The number of methoxy groups -OCH3 is 1. The summed E-state index contributed by atoms with van der Waals surface area (Å²) in [6.45, 7) is 4.39. The first-order valence-corrected chi connectivity index (χ1v) is 11.2. The van der Waals surface area contributed by atoms with E-state index >= 15 is 0 Å². The van der Waals surface area contributed by atoms with Gasteiger partial charge in [-0.1, -0.05) is 26.0 Å².